The first-order valence-corrected chi connectivity index (χ1v) is 30.0. The van der Waals surface area contributed by atoms with Crippen molar-refractivity contribution < 1.29 is 0 Å². The van der Waals surface area contributed by atoms with Crippen LogP contribution in [0.1, 0.15) is 256 Å². The average molecular weight is 979 g/mol. The zero-order valence-electron chi connectivity index (χ0n) is 46.2. The minimum atomic E-state index is 0.774. The molecule has 0 amide bonds. The predicted octanol–water partition coefficient (Wildman–Crippen LogP) is 20.3. The van der Waals surface area contributed by atoms with E-state index in [4.69, 9.17) is 24.9 Å². The monoisotopic (exact) mass is 978 g/mol. The van der Waals surface area contributed by atoms with E-state index in [0.717, 1.165) is 109 Å². The van der Waals surface area contributed by atoms with Crippen molar-refractivity contribution in [2.45, 2.75) is 259 Å². The smallest absolute Gasteiger partial charge is 0.142 e. The molecule has 0 saturated heterocycles. The third kappa shape index (κ3) is 22.6. The molecular formula is C65H99N7. The lowest BCUT2D eigenvalue weighted by Gasteiger charge is -2.26. The van der Waals surface area contributed by atoms with Crippen molar-refractivity contribution >= 4 is 34.9 Å². The Bertz CT molecular complexity index is 1860. The van der Waals surface area contributed by atoms with Crippen molar-refractivity contribution in [2.24, 2.45) is 0 Å². The van der Waals surface area contributed by atoms with Gasteiger partial charge in [-0.2, -0.15) is 0 Å². The van der Waals surface area contributed by atoms with E-state index in [2.05, 4.69) is 128 Å². The van der Waals surface area contributed by atoms with Gasteiger partial charge in [-0.1, -0.05) is 238 Å². The maximum Gasteiger partial charge on any atom is 0.142 e. The topological polar surface area (TPSA) is 70.9 Å². The Labute approximate surface area is 440 Å². The van der Waals surface area contributed by atoms with Crippen LogP contribution in [0.2, 0.25) is 0 Å². The van der Waals surface area contributed by atoms with Crippen molar-refractivity contribution in [1.29, 1.82) is 0 Å². The summed E-state index contributed by atoms with van der Waals surface area (Å²) in [7, 11) is 0. The standard InChI is InChI=1S/C65H99N7/c1-5-9-13-17-21-25-29-33-42-56-46-37-50-60(66-56)71(61-51-38-47-57(67-61)43-34-30-26-22-18-14-10-6-2)64-54-41-55-65(70-64)72(62-52-39-48-58(68-62)44-35-31-27-23-19-15-11-7-3)63-53-40-49-59(69-63)45-36-32-28-24-20-16-12-8-4/h37-41,46-55H,5-36,42-45H2,1-4H3. The third-order valence-electron chi connectivity index (χ3n) is 14.4. The van der Waals surface area contributed by atoms with Gasteiger partial charge in [-0.15, -0.1) is 0 Å². The molecule has 0 N–H and O–H groups in total. The van der Waals surface area contributed by atoms with Gasteiger partial charge in [0.15, 0.2) is 0 Å². The molecule has 0 radical (unpaired) electrons. The van der Waals surface area contributed by atoms with Crippen molar-refractivity contribution in [3.63, 3.8) is 0 Å². The average Bonchev–Trinajstić information content (AvgIpc) is 3.40. The summed E-state index contributed by atoms with van der Waals surface area (Å²) in [5.74, 6) is 4.92. The number of hydrogen-bond acceptors (Lipinski definition) is 7. The number of rotatable bonds is 42. The number of unbranched alkanes of at least 4 members (excludes halogenated alkanes) is 28. The highest BCUT2D eigenvalue weighted by molar-refractivity contribution is 5.74. The SMILES string of the molecule is CCCCCCCCCCc1cccc(N(c2cccc(CCCCCCCCCC)n2)c2cccc(N(c3cccc(CCCCCCCCCC)n3)c3cccc(CCCCCCCCCC)n3)n2)n1. The van der Waals surface area contributed by atoms with E-state index in [-0.39, 0.29) is 0 Å². The maximum atomic E-state index is 5.56. The summed E-state index contributed by atoms with van der Waals surface area (Å²) in [5, 5.41) is 0. The van der Waals surface area contributed by atoms with Crippen molar-refractivity contribution in [3.8, 4) is 0 Å². The van der Waals surface area contributed by atoms with Gasteiger partial charge in [0.2, 0.25) is 0 Å². The fraction of sp³-hybridized carbons (Fsp3) is 0.615. The van der Waals surface area contributed by atoms with E-state index in [0.29, 0.717) is 0 Å². The Hall–Kier alpha value is -4.65. The van der Waals surface area contributed by atoms with Crippen molar-refractivity contribution in [1.82, 2.24) is 24.9 Å². The lowest BCUT2D eigenvalue weighted by Crippen LogP contribution is -2.19. The first kappa shape index (κ1) is 58.2. The molecular weight excluding hydrogens is 879 g/mol. The fourth-order valence-corrected chi connectivity index (χ4v) is 10.0. The first-order valence-electron chi connectivity index (χ1n) is 30.0. The van der Waals surface area contributed by atoms with Crippen LogP contribution >= 0.6 is 0 Å². The molecule has 7 nitrogen and oxygen atoms in total. The quantitative estimate of drug-likeness (QED) is 0.0361. The maximum absolute atomic E-state index is 5.56. The molecule has 0 aliphatic carbocycles. The van der Waals surface area contributed by atoms with E-state index in [1.54, 1.807) is 0 Å². The second-order valence-corrected chi connectivity index (χ2v) is 20.9. The first-order chi connectivity index (χ1) is 35.6. The molecule has 5 heterocycles. The predicted molar refractivity (Wildman–Crippen MR) is 310 cm³/mol. The normalized spacial score (nSPS) is 11.4. The van der Waals surface area contributed by atoms with Crippen LogP contribution in [0.3, 0.4) is 0 Å². The van der Waals surface area contributed by atoms with E-state index in [9.17, 15) is 0 Å². The molecule has 394 valence electrons. The summed E-state index contributed by atoms with van der Waals surface area (Å²) in [4.78, 5) is 31.4. The lowest BCUT2D eigenvalue weighted by molar-refractivity contribution is 0.574. The minimum Gasteiger partial charge on any atom is -0.262 e. The number of pyridine rings is 5. The fourth-order valence-electron chi connectivity index (χ4n) is 10.0. The highest BCUT2D eigenvalue weighted by Crippen LogP contribution is 2.36. The summed E-state index contributed by atoms with van der Waals surface area (Å²) >= 11 is 0. The lowest BCUT2D eigenvalue weighted by atomic mass is 10.1. The number of hydrogen-bond donors (Lipinski definition) is 0. The van der Waals surface area contributed by atoms with Gasteiger partial charge in [0, 0.05) is 22.8 Å². The molecule has 7 heteroatoms. The summed E-state index contributed by atoms with van der Waals surface area (Å²) in [5.41, 5.74) is 4.47. The van der Waals surface area contributed by atoms with Gasteiger partial charge in [0.05, 0.1) is 0 Å². The van der Waals surface area contributed by atoms with Gasteiger partial charge in [0.25, 0.3) is 0 Å². The van der Waals surface area contributed by atoms with Gasteiger partial charge in [-0.05, 0) is 112 Å². The Morgan fingerprint density at radius 3 is 0.625 bits per heavy atom. The molecule has 0 aliphatic rings. The molecule has 5 aromatic rings. The summed E-state index contributed by atoms with van der Waals surface area (Å²) in [6, 6.07) is 32.3. The molecule has 0 bridgehead atoms. The van der Waals surface area contributed by atoms with Crippen LogP contribution in [0.15, 0.2) is 91.0 Å². The van der Waals surface area contributed by atoms with Crippen LogP contribution in [-0.2, 0) is 25.7 Å². The highest BCUT2D eigenvalue weighted by atomic mass is 15.3. The van der Waals surface area contributed by atoms with Gasteiger partial charge in [-0.25, -0.2) is 24.9 Å². The molecule has 0 spiro atoms. The van der Waals surface area contributed by atoms with Crippen LogP contribution in [0, 0.1) is 0 Å². The molecule has 5 rings (SSSR count). The van der Waals surface area contributed by atoms with Gasteiger partial charge < -0.3 is 0 Å². The highest BCUT2D eigenvalue weighted by Gasteiger charge is 2.22. The third-order valence-corrected chi connectivity index (χ3v) is 14.4. The van der Waals surface area contributed by atoms with Crippen LogP contribution < -0.4 is 9.80 Å². The van der Waals surface area contributed by atoms with Crippen LogP contribution in [-0.4, -0.2) is 24.9 Å². The number of anilines is 6. The van der Waals surface area contributed by atoms with E-state index < -0.39 is 0 Å². The largest absolute Gasteiger partial charge is 0.262 e. The summed E-state index contributed by atoms with van der Waals surface area (Å²) in [6.45, 7) is 9.17. The van der Waals surface area contributed by atoms with Gasteiger partial charge >= 0.3 is 0 Å². The Kier molecular flexibility index (Phi) is 30.0. The molecule has 0 aliphatic heterocycles. The van der Waals surface area contributed by atoms with Crippen molar-refractivity contribution in [2.75, 3.05) is 9.80 Å². The zero-order chi connectivity index (χ0) is 50.5. The Morgan fingerprint density at radius 2 is 0.403 bits per heavy atom. The van der Waals surface area contributed by atoms with Crippen LogP contribution in [0.4, 0.5) is 34.9 Å². The number of aryl methyl sites for hydroxylation is 4. The number of nitrogens with zero attached hydrogens (tertiary/aromatic N) is 7. The van der Waals surface area contributed by atoms with Gasteiger partial charge in [-0.3, -0.25) is 9.80 Å². The molecule has 0 fully saturated rings. The van der Waals surface area contributed by atoms with Crippen LogP contribution in [0.25, 0.3) is 0 Å². The van der Waals surface area contributed by atoms with E-state index in [1.165, 1.54) is 180 Å². The Morgan fingerprint density at radius 1 is 0.222 bits per heavy atom. The molecule has 72 heavy (non-hydrogen) atoms. The molecule has 0 saturated carbocycles. The summed E-state index contributed by atoms with van der Waals surface area (Å²) in [6.07, 6.45) is 45.4. The molecule has 0 atom stereocenters. The second kappa shape index (κ2) is 37.1. The minimum absolute atomic E-state index is 0.774. The van der Waals surface area contributed by atoms with Crippen LogP contribution in [0.5, 0.6) is 0 Å². The van der Waals surface area contributed by atoms with Gasteiger partial charge in [0.1, 0.15) is 34.9 Å². The molecule has 5 aromatic heterocycles. The molecule has 0 unspecified atom stereocenters. The van der Waals surface area contributed by atoms with E-state index in [1.807, 2.05) is 0 Å². The second-order valence-electron chi connectivity index (χ2n) is 20.9. The van der Waals surface area contributed by atoms with Crippen molar-refractivity contribution in [3.05, 3.63) is 114 Å². The Balaban J connectivity index is 1.44. The summed E-state index contributed by atoms with van der Waals surface area (Å²) < 4.78 is 0. The number of aromatic nitrogens is 5. The molecule has 0 aromatic carbocycles. The zero-order valence-corrected chi connectivity index (χ0v) is 46.2. The van der Waals surface area contributed by atoms with E-state index >= 15 is 0 Å².